The molecule has 0 aliphatic heterocycles. The Balaban J connectivity index is 2.18. The monoisotopic (exact) mass is 504 g/mol. The molecule has 0 fully saturated rings. The number of primary amides is 1. The molecule has 0 saturated carbocycles. The van der Waals surface area contributed by atoms with Crippen molar-refractivity contribution < 1.29 is 27.4 Å². The predicted molar refractivity (Wildman–Crippen MR) is 131 cm³/mol. The molecular formula is C24H25ClN2O6S. The Kier molecular flexibility index (Phi) is 7.90. The van der Waals surface area contributed by atoms with Crippen molar-refractivity contribution in [3.8, 4) is 17.2 Å². The van der Waals surface area contributed by atoms with E-state index in [-0.39, 0.29) is 16.3 Å². The van der Waals surface area contributed by atoms with E-state index in [1.54, 1.807) is 30.3 Å². The van der Waals surface area contributed by atoms with Gasteiger partial charge in [-0.05, 0) is 47.5 Å². The van der Waals surface area contributed by atoms with Gasteiger partial charge in [-0.15, -0.1) is 0 Å². The van der Waals surface area contributed by atoms with Crippen LogP contribution in [0, 0.1) is 0 Å². The third-order valence-corrected chi connectivity index (χ3v) is 7.26. The Labute approximate surface area is 203 Å². The molecule has 0 bridgehead atoms. The number of anilines is 1. The molecule has 0 aliphatic rings. The second-order valence-electron chi connectivity index (χ2n) is 7.26. The molecule has 180 valence electrons. The molecule has 0 aromatic heterocycles. The van der Waals surface area contributed by atoms with Crippen LogP contribution in [0.4, 0.5) is 5.69 Å². The zero-order chi connectivity index (χ0) is 24.9. The number of nitrogens with two attached hydrogens (primary N) is 1. The Morgan fingerprint density at radius 3 is 2.24 bits per heavy atom. The van der Waals surface area contributed by atoms with Crippen molar-refractivity contribution in [2.24, 2.45) is 5.73 Å². The Bertz CT molecular complexity index is 1300. The third kappa shape index (κ3) is 5.37. The van der Waals surface area contributed by atoms with Gasteiger partial charge in [-0.3, -0.25) is 9.10 Å². The summed E-state index contributed by atoms with van der Waals surface area (Å²) in [6, 6.07) is 16.3. The molecule has 0 aliphatic carbocycles. The van der Waals surface area contributed by atoms with E-state index < -0.39 is 22.5 Å². The number of carbonyl (C=O) groups excluding carboxylic acids is 1. The molecule has 2 N–H and O–H groups in total. The summed E-state index contributed by atoms with van der Waals surface area (Å²) in [6.07, 6.45) is 0.295. The Morgan fingerprint density at radius 2 is 1.62 bits per heavy atom. The SMILES string of the molecule is COc1ccc(N(CC(N)=O)S(=O)(=O)c2ccc(OC)c(OC)c2)c(Cc2ccccc2Cl)c1. The van der Waals surface area contributed by atoms with E-state index in [0.717, 1.165) is 9.87 Å². The van der Waals surface area contributed by atoms with Gasteiger partial charge in [0.2, 0.25) is 5.91 Å². The zero-order valence-corrected chi connectivity index (χ0v) is 20.5. The van der Waals surface area contributed by atoms with E-state index in [1.807, 2.05) is 12.1 Å². The normalized spacial score (nSPS) is 11.1. The maximum absolute atomic E-state index is 13.7. The summed E-state index contributed by atoms with van der Waals surface area (Å²) in [5.41, 5.74) is 7.09. The lowest BCUT2D eigenvalue weighted by molar-refractivity contribution is -0.116. The van der Waals surface area contributed by atoms with Crippen LogP contribution in [0.15, 0.2) is 65.6 Å². The van der Waals surface area contributed by atoms with Gasteiger partial charge in [0.15, 0.2) is 11.5 Å². The lowest BCUT2D eigenvalue weighted by Crippen LogP contribution is -2.39. The second-order valence-corrected chi connectivity index (χ2v) is 9.53. The number of halogens is 1. The molecule has 3 rings (SSSR count). The summed E-state index contributed by atoms with van der Waals surface area (Å²) in [4.78, 5) is 11.9. The number of ether oxygens (including phenoxy) is 3. The number of carbonyl (C=O) groups is 1. The Morgan fingerprint density at radius 1 is 0.912 bits per heavy atom. The molecular weight excluding hydrogens is 480 g/mol. The molecule has 34 heavy (non-hydrogen) atoms. The van der Waals surface area contributed by atoms with Crippen molar-refractivity contribution in [2.45, 2.75) is 11.3 Å². The summed E-state index contributed by atoms with van der Waals surface area (Å²) in [6.45, 7) is -0.571. The van der Waals surface area contributed by atoms with E-state index in [4.69, 9.17) is 31.5 Å². The van der Waals surface area contributed by atoms with Crippen molar-refractivity contribution >= 4 is 33.2 Å². The number of amides is 1. The fourth-order valence-electron chi connectivity index (χ4n) is 3.47. The summed E-state index contributed by atoms with van der Waals surface area (Å²) >= 11 is 6.35. The zero-order valence-electron chi connectivity index (χ0n) is 18.9. The molecule has 3 aromatic rings. The number of hydrogen-bond acceptors (Lipinski definition) is 6. The van der Waals surface area contributed by atoms with Crippen molar-refractivity contribution in [1.29, 1.82) is 0 Å². The number of nitrogens with zero attached hydrogens (tertiary/aromatic N) is 1. The largest absolute Gasteiger partial charge is 0.497 e. The molecule has 0 atom stereocenters. The average molecular weight is 505 g/mol. The lowest BCUT2D eigenvalue weighted by atomic mass is 10.0. The number of methoxy groups -OCH3 is 3. The van der Waals surface area contributed by atoms with Gasteiger partial charge in [0, 0.05) is 17.5 Å². The predicted octanol–water partition coefficient (Wildman–Crippen LogP) is 3.64. The van der Waals surface area contributed by atoms with Crippen LogP contribution >= 0.6 is 11.6 Å². The average Bonchev–Trinajstić information content (AvgIpc) is 2.83. The number of benzene rings is 3. The molecule has 1 amide bonds. The summed E-state index contributed by atoms with van der Waals surface area (Å²) in [5.74, 6) is 0.303. The quantitative estimate of drug-likeness (QED) is 0.451. The Hall–Kier alpha value is -3.43. The van der Waals surface area contributed by atoms with E-state index in [2.05, 4.69) is 0 Å². The van der Waals surface area contributed by atoms with Gasteiger partial charge in [-0.25, -0.2) is 8.42 Å². The van der Waals surface area contributed by atoms with Crippen LogP contribution < -0.4 is 24.2 Å². The number of rotatable bonds is 10. The minimum absolute atomic E-state index is 0.0917. The first-order valence-electron chi connectivity index (χ1n) is 10.1. The van der Waals surface area contributed by atoms with Gasteiger partial charge < -0.3 is 19.9 Å². The highest BCUT2D eigenvalue weighted by atomic mass is 35.5. The van der Waals surface area contributed by atoms with Crippen LogP contribution in [0.2, 0.25) is 5.02 Å². The molecule has 10 heteroatoms. The van der Waals surface area contributed by atoms with Crippen LogP contribution in [-0.2, 0) is 21.2 Å². The first kappa shape index (κ1) is 25.2. The molecule has 0 radical (unpaired) electrons. The van der Waals surface area contributed by atoms with Crippen molar-refractivity contribution in [2.75, 3.05) is 32.2 Å². The molecule has 3 aromatic carbocycles. The standard InChI is InChI=1S/C24H25ClN2O6S/c1-31-18-8-10-21(17(13-18)12-16-6-4-5-7-20(16)25)27(15-24(26)28)34(29,30)19-9-11-22(32-2)23(14-19)33-3/h4-11,13-14H,12,15H2,1-3H3,(H2,26,28). The molecule has 0 heterocycles. The maximum atomic E-state index is 13.7. The van der Waals surface area contributed by atoms with E-state index in [9.17, 15) is 13.2 Å². The molecule has 0 unspecified atom stereocenters. The molecule has 0 spiro atoms. The second kappa shape index (κ2) is 10.7. The summed E-state index contributed by atoms with van der Waals surface area (Å²) < 4.78 is 44.2. The van der Waals surface area contributed by atoms with Crippen LogP contribution in [-0.4, -0.2) is 42.2 Å². The molecule has 8 nitrogen and oxygen atoms in total. The smallest absolute Gasteiger partial charge is 0.264 e. The minimum Gasteiger partial charge on any atom is -0.497 e. The van der Waals surface area contributed by atoms with Gasteiger partial charge >= 0.3 is 0 Å². The highest BCUT2D eigenvalue weighted by Gasteiger charge is 2.29. The topological polar surface area (TPSA) is 108 Å². The van der Waals surface area contributed by atoms with Crippen molar-refractivity contribution in [3.05, 3.63) is 76.8 Å². The highest BCUT2D eigenvalue weighted by molar-refractivity contribution is 7.92. The minimum atomic E-state index is -4.23. The number of hydrogen-bond donors (Lipinski definition) is 1. The van der Waals surface area contributed by atoms with Crippen LogP contribution in [0.25, 0.3) is 0 Å². The van der Waals surface area contributed by atoms with Gasteiger partial charge in [0.1, 0.15) is 12.3 Å². The van der Waals surface area contributed by atoms with E-state index in [1.165, 1.54) is 39.5 Å². The fourth-order valence-corrected chi connectivity index (χ4v) is 5.15. The van der Waals surface area contributed by atoms with Crippen molar-refractivity contribution in [1.82, 2.24) is 0 Å². The first-order chi connectivity index (χ1) is 16.2. The summed E-state index contributed by atoms with van der Waals surface area (Å²) in [5, 5.41) is 0.528. The van der Waals surface area contributed by atoms with Crippen LogP contribution in [0.1, 0.15) is 11.1 Å². The lowest BCUT2D eigenvalue weighted by Gasteiger charge is -2.26. The van der Waals surface area contributed by atoms with Gasteiger partial charge in [0.05, 0.1) is 31.9 Å². The number of sulfonamides is 1. The molecule has 0 saturated heterocycles. The summed E-state index contributed by atoms with van der Waals surface area (Å²) in [7, 11) is 0.133. The first-order valence-corrected chi connectivity index (χ1v) is 12.0. The van der Waals surface area contributed by atoms with Crippen molar-refractivity contribution in [3.63, 3.8) is 0 Å². The third-order valence-electron chi connectivity index (χ3n) is 5.14. The van der Waals surface area contributed by atoms with E-state index in [0.29, 0.717) is 28.5 Å². The van der Waals surface area contributed by atoms with Crippen LogP contribution in [0.5, 0.6) is 17.2 Å². The fraction of sp³-hybridized carbons (Fsp3) is 0.208. The van der Waals surface area contributed by atoms with Gasteiger partial charge in [-0.2, -0.15) is 0 Å². The highest BCUT2D eigenvalue weighted by Crippen LogP contribution is 2.35. The maximum Gasteiger partial charge on any atom is 0.264 e. The van der Waals surface area contributed by atoms with Crippen LogP contribution in [0.3, 0.4) is 0 Å². The van der Waals surface area contributed by atoms with E-state index >= 15 is 0 Å². The van der Waals surface area contributed by atoms with Gasteiger partial charge in [0.25, 0.3) is 10.0 Å². The van der Waals surface area contributed by atoms with Gasteiger partial charge in [-0.1, -0.05) is 29.8 Å².